The molecule has 2 aromatic carbocycles. The first kappa shape index (κ1) is 23.3. The number of fused-ring (bicyclic) bond motifs is 1. The zero-order valence-corrected chi connectivity index (χ0v) is 19.6. The molecule has 176 valence electrons. The Morgan fingerprint density at radius 2 is 1.61 bits per heavy atom. The Balaban J connectivity index is 1.37. The molecule has 0 bridgehead atoms. The molecule has 8 nitrogen and oxygen atoms in total. The van der Waals surface area contributed by atoms with Crippen molar-refractivity contribution in [1.82, 2.24) is 9.21 Å². The molecule has 2 aromatic rings. The maximum absolute atomic E-state index is 13.2. The first-order chi connectivity index (χ1) is 15.9. The van der Waals surface area contributed by atoms with E-state index in [4.69, 9.17) is 4.74 Å². The molecule has 0 unspecified atom stereocenters. The average Bonchev–Trinajstić information content (AvgIpc) is 2.84. The third-order valence-electron chi connectivity index (χ3n) is 6.14. The van der Waals surface area contributed by atoms with Crippen LogP contribution in [0.25, 0.3) is 0 Å². The van der Waals surface area contributed by atoms with Crippen LogP contribution in [0, 0.1) is 0 Å². The van der Waals surface area contributed by atoms with Gasteiger partial charge in [0.1, 0.15) is 0 Å². The smallest absolute Gasteiger partial charge is 0.411 e. The Labute approximate surface area is 194 Å². The molecule has 1 fully saturated rings. The molecular formula is C24H29N3O5S. The van der Waals surface area contributed by atoms with Gasteiger partial charge in [-0.05, 0) is 80.1 Å². The number of hydrogen-bond acceptors (Lipinski definition) is 5. The Kier molecular flexibility index (Phi) is 6.99. The number of piperazine rings is 1. The third kappa shape index (κ3) is 5.20. The number of sulfonamides is 1. The van der Waals surface area contributed by atoms with Crippen LogP contribution in [-0.2, 0) is 27.6 Å². The van der Waals surface area contributed by atoms with Crippen molar-refractivity contribution in [2.45, 2.75) is 37.5 Å². The highest BCUT2D eigenvalue weighted by molar-refractivity contribution is 7.89. The fraction of sp³-hybridized carbons (Fsp3) is 0.417. The van der Waals surface area contributed by atoms with Gasteiger partial charge in [-0.15, -0.1) is 0 Å². The molecule has 1 aliphatic carbocycles. The number of aryl methyl sites for hydroxylation is 2. The van der Waals surface area contributed by atoms with Crippen molar-refractivity contribution in [2.75, 3.05) is 38.1 Å². The maximum Gasteiger partial charge on any atom is 0.411 e. The van der Waals surface area contributed by atoms with Crippen molar-refractivity contribution < 1.29 is 22.7 Å². The predicted octanol–water partition coefficient (Wildman–Crippen LogP) is 3.28. The quantitative estimate of drug-likeness (QED) is 0.722. The summed E-state index contributed by atoms with van der Waals surface area (Å²) >= 11 is 0. The van der Waals surface area contributed by atoms with E-state index in [0.29, 0.717) is 29.2 Å². The first-order valence-corrected chi connectivity index (χ1v) is 12.8. The first-order valence-electron chi connectivity index (χ1n) is 11.3. The normalized spacial score (nSPS) is 16.7. The van der Waals surface area contributed by atoms with Gasteiger partial charge in [-0.1, -0.05) is 6.07 Å². The fourth-order valence-corrected chi connectivity index (χ4v) is 5.79. The van der Waals surface area contributed by atoms with Crippen LogP contribution in [0.5, 0.6) is 0 Å². The van der Waals surface area contributed by atoms with Gasteiger partial charge in [0.2, 0.25) is 10.0 Å². The van der Waals surface area contributed by atoms with Crippen LogP contribution in [0.15, 0.2) is 47.4 Å². The van der Waals surface area contributed by atoms with Crippen molar-refractivity contribution in [2.24, 2.45) is 0 Å². The number of carbonyl (C=O) groups is 2. The lowest BCUT2D eigenvalue weighted by Crippen LogP contribution is -2.50. The lowest BCUT2D eigenvalue weighted by Gasteiger charge is -2.34. The number of benzene rings is 2. The highest BCUT2D eigenvalue weighted by atomic mass is 32.2. The van der Waals surface area contributed by atoms with Crippen molar-refractivity contribution in [3.05, 3.63) is 59.2 Å². The van der Waals surface area contributed by atoms with Crippen molar-refractivity contribution in [3.63, 3.8) is 0 Å². The third-order valence-corrected chi connectivity index (χ3v) is 8.03. The predicted molar refractivity (Wildman–Crippen MR) is 125 cm³/mol. The Morgan fingerprint density at radius 1 is 0.939 bits per heavy atom. The van der Waals surface area contributed by atoms with Crippen molar-refractivity contribution in [1.29, 1.82) is 0 Å². The van der Waals surface area contributed by atoms with Crippen LogP contribution in [0.2, 0.25) is 0 Å². The summed E-state index contributed by atoms with van der Waals surface area (Å²) in [6.45, 7) is 3.16. The van der Waals surface area contributed by atoms with Gasteiger partial charge in [0, 0.05) is 37.4 Å². The van der Waals surface area contributed by atoms with E-state index >= 15 is 0 Å². The number of carbonyl (C=O) groups excluding carboxylic acids is 2. The number of hydrogen-bond donors (Lipinski definition) is 1. The van der Waals surface area contributed by atoms with E-state index in [1.54, 1.807) is 42.2 Å². The van der Waals surface area contributed by atoms with Gasteiger partial charge in [-0.25, -0.2) is 13.2 Å². The lowest BCUT2D eigenvalue weighted by molar-refractivity contribution is 0.0698. The van der Waals surface area contributed by atoms with Gasteiger partial charge in [-0.2, -0.15) is 4.31 Å². The summed E-state index contributed by atoms with van der Waals surface area (Å²) in [7, 11) is -3.59. The molecule has 4 rings (SSSR count). The van der Waals surface area contributed by atoms with E-state index in [9.17, 15) is 18.0 Å². The molecular weight excluding hydrogens is 442 g/mol. The van der Waals surface area contributed by atoms with Gasteiger partial charge in [0.15, 0.2) is 0 Å². The summed E-state index contributed by atoms with van der Waals surface area (Å²) in [5.74, 6) is -0.163. The van der Waals surface area contributed by atoms with Gasteiger partial charge in [0.25, 0.3) is 5.91 Å². The van der Waals surface area contributed by atoms with E-state index in [-0.39, 0.29) is 25.6 Å². The number of nitrogens with zero attached hydrogens (tertiary/aromatic N) is 2. The highest BCUT2D eigenvalue weighted by Gasteiger charge is 2.31. The molecule has 0 aromatic heterocycles. The summed E-state index contributed by atoms with van der Waals surface area (Å²) < 4.78 is 32.6. The molecule has 9 heteroatoms. The summed E-state index contributed by atoms with van der Waals surface area (Å²) in [5, 5.41) is 2.59. The van der Waals surface area contributed by atoms with Crippen molar-refractivity contribution >= 4 is 27.7 Å². The lowest BCUT2D eigenvalue weighted by atomic mass is 9.92. The second kappa shape index (κ2) is 9.93. The Morgan fingerprint density at radius 3 is 2.27 bits per heavy atom. The number of nitrogens with one attached hydrogen (secondary N) is 1. The van der Waals surface area contributed by atoms with E-state index < -0.39 is 16.1 Å². The SMILES string of the molecule is CCOC(=O)Nc1ccc(C(=O)N2CCN(S(=O)(=O)c3ccc4c(c3)CCCC4)CC2)cc1. The minimum absolute atomic E-state index is 0.163. The Bertz CT molecular complexity index is 1120. The minimum Gasteiger partial charge on any atom is -0.450 e. The second-order valence-electron chi connectivity index (χ2n) is 8.26. The van der Waals surface area contributed by atoms with E-state index in [0.717, 1.165) is 31.2 Å². The summed E-state index contributed by atoms with van der Waals surface area (Å²) in [4.78, 5) is 26.4. The molecule has 0 spiro atoms. The van der Waals surface area contributed by atoms with Gasteiger partial charge in [0.05, 0.1) is 11.5 Å². The number of anilines is 1. The molecule has 0 radical (unpaired) electrons. The summed E-state index contributed by atoms with van der Waals surface area (Å²) in [6.07, 6.45) is 3.63. The molecule has 33 heavy (non-hydrogen) atoms. The Hall–Kier alpha value is -2.91. The van der Waals surface area contributed by atoms with Crippen LogP contribution < -0.4 is 5.32 Å². The zero-order valence-electron chi connectivity index (χ0n) is 18.7. The van der Waals surface area contributed by atoms with E-state index in [1.807, 2.05) is 12.1 Å². The van der Waals surface area contributed by atoms with Crippen LogP contribution in [-0.4, -0.2) is 62.4 Å². The summed E-state index contributed by atoms with van der Waals surface area (Å²) in [5.41, 5.74) is 3.40. The van der Waals surface area contributed by atoms with Crippen LogP contribution in [0.1, 0.15) is 41.3 Å². The fourth-order valence-electron chi connectivity index (χ4n) is 4.31. The average molecular weight is 472 g/mol. The molecule has 1 N–H and O–H groups in total. The molecule has 0 saturated carbocycles. The monoisotopic (exact) mass is 471 g/mol. The zero-order chi connectivity index (χ0) is 23.4. The minimum atomic E-state index is -3.59. The van der Waals surface area contributed by atoms with E-state index in [1.165, 1.54) is 9.87 Å². The molecule has 2 aliphatic rings. The maximum atomic E-state index is 13.2. The second-order valence-corrected chi connectivity index (χ2v) is 10.2. The van der Waals surface area contributed by atoms with E-state index in [2.05, 4.69) is 5.32 Å². The topological polar surface area (TPSA) is 96.0 Å². The van der Waals surface area contributed by atoms with Gasteiger partial charge >= 0.3 is 6.09 Å². The molecule has 1 aliphatic heterocycles. The summed E-state index contributed by atoms with van der Waals surface area (Å²) in [6, 6.07) is 12.0. The number of amides is 2. The number of rotatable bonds is 5. The van der Waals surface area contributed by atoms with Crippen LogP contribution >= 0.6 is 0 Å². The largest absolute Gasteiger partial charge is 0.450 e. The van der Waals surface area contributed by atoms with Crippen molar-refractivity contribution in [3.8, 4) is 0 Å². The molecule has 1 saturated heterocycles. The highest BCUT2D eigenvalue weighted by Crippen LogP contribution is 2.26. The number of ether oxygens (including phenoxy) is 1. The molecule has 0 atom stereocenters. The standard InChI is InChI=1S/C24H29N3O5S/c1-2-32-24(29)25-21-10-7-19(8-11-21)23(28)26-13-15-27(16-14-26)33(30,31)22-12-9-18-5-3-4-6-20(18)17-22/h7-12,17H,2-6,13-16H2,1H3,(H,25,29). The molecule has 2 amide bonds. The van der Waals surface area contributed by atoms with Gasteiger partial charge in [-0.3, -0.25) is 10.1 Å². The van der Waals surface area contributed by atoms with Crippen LogP contribution in [0.4, 0.5) is 10.5 Å². The van der Waals surface area contributed by atoms with Crippen LogP contribution in [0.3, 0.4) is 0 Å². The van der Waals surface area contributed by atoms with Gasteiger partial charge < -0.3 is 9.64 Å². The molecule has 1 heterocycles.